The molecule has 14 nitrogen and oxygen atoms in total. The number of piperazine rings is 1. The molecule has 0 radical (unpaired) electrons. The molecule has 0 aliphatic carbocycles. The number of amides is 2. The molecule has 2 fully saturated rings. The molecule has 2 amide bonds. The number of carbonyl (C=O) groups is 2. The van der Waals surface area contributed by atoms with Gasteiger partial charge in [0.2, 0.25) is 0 Å². The first-order chi connectivity index (χ1) is 19.9. The summed E-state index contributed by atoms with van der Waals surface area (Å²) in [5.41, 5.74) is 7.84. The summed E-state index contributed by atoms with van der Waals surface area (Å²) in [7, 11) is 2.08. The molecule has 0 atom stereocenters. The minimum absolute atomic E-state index is 0.0501. The lowest BCUT2D eigenvalue weighted by Gasteiger charge is -2.35. The van der Waals surface area contributed by atoms with Crippen molar-refractivity contribution in [2.24, 2.45) is 0 Å². The summed E-state index contributed by atoms with van der Waals surface area (Å²) < 4.78 is 6.87. The van der Waals surface area contributed by atoms with Crippen molar-refractivity contribution in [3.05, 3.63) is 47.1 Å². The first-order valence-electron chi connectivity index (χ1n) is 13.6. The molecule has 2 aromatic heterocycles. The molecular formula is C26H34ClN11O3. The second kappa shape index (κ2) is 13.2. The van der Waals surface area contributed by atoms with Crippen LogP contribution in [0.15, 0.2) is 30.6 Å². The van der Waals surface area contributed by atoms with E-state index in [1.807, 2.05) is 12.1 Å². The van der Waals surface area contributed by atoms with Crippen molar-refractivity contribution in [1.82, 2.24) is 40.1 Å². The van der Waals surface area contributed by atoms with Crippen molar-refractivity contribution >= 4 is 40.6 Å². The number of rotatable bonds is 9. The number of nitrogens with one attached hydrogen (secondary N) is 2. The fourth-order valence-electron chi connectivity index (χ4n) is 4.72. The summed E-state index contributed by atoms with van der Waals surface area (Å²) in [6.45, 7) is 8.11. The zero-order valence-corrected chi connectivity index (χ0v) is 23.7. The van der Waals surface area contributed by atoms with Gasteiger partial charge in [-0.1, -0.05) is 16.8 Å². The maximum absolute atomic E-state index is 13.2. The van der Waals surface area contributed by atoms with E-state index in [0.29, 0.717) is 17.9 Å². The van der Waals surface area contributed by atoms with Gasteiger partial charge in [-0.3, -0.25) is 14.5 Å². The van der Waals surface area contributed by atoms with E-state index in [0.717, 1.165) is 71.1 Å². The van der Waals surface area contributed by atoms with Crippen LogP contribution in [0.3, 0.4) is 0 Å². The molecule has 2 aliphatic heterocycles. The highest BCUT2D eigenvalue weighted by Crippen LogP contribution is 2.30. The van der Waals surface area contributed by atoms with Crippen LogP contribution in [0, 0.1) is 0 Å². The minimum Gasteiger partial charge on any atom is -0.382 e. The SMILES string of the molecule is CN1CCN(c2ccc(-n3cc(C(=O)NCCCN4CCOCC4)nn3)cc2NC(=O)c2nc(N)cnc2Cl)CC1. The Labute approximate surface area is 242 Å². The van der Waals surface area contributed by atoms with Gasteiger partial charge in [0.1, 0.15) is 5.82 Å². The Morgan fingerprint density at radius 3 is 2.66 bits per heavy atom. The number of likely N-dealkylation sites (N-methyl/N-ethyl adjacent to an activating group) is 1. The smallest absolute Gasteiger partial charge is 0.277 e. The molecule has 2 aliphatic rings. The predicted octanol–water partition coefficient (Wildman–Crippen LogP) is 0.749. The maximum atomic E-state index is 13.2. The molecule has 218 valence electrons. The molecule has 0 spiro atoms. The van der Waals surface area contributed by atoms with Gasteiger partial charge in [-0.15, -0.1) is 5.10 Å². The number of halogens is 1. The van der Waals surface area contributed by atoms with E-state index in [4.69, 9.17) is 22.1 Å². The van der Waals surface area contributed by atoms with Gasteiger partial charge >= 0.3 is 0 Å². The van der Waals surface area contributed by atoms with Gasteiger partial charge in [0.05, 0.1) is 42.7 Å². The number of nitrogens with two attached hydrogens (primary N) is 1. The average Bonchev–Trinajstić information content (AvgIpc) is 3.48. The van der Waals surface area contributed by atoms with Gasteiger partial charge in [0, 0.05) is 45.8 Å². The monoisotopic (exact) mass is 583 g/mol. The highest BCUT2D eigenvalue weighted by molar-refractivity contribution is 6.33. The van der Waals surface area contributed by atoms with E-state index < -0.39 is 5.91 Å². The first-order valence-corrected chi connectivity index (χ1v) is 13.9. The number of nitrogen functional groups attached to an aromatic ring is 1. The van der Waals surface area contributed by atoms with Crippen molar-refractivity contribution in [2.75, 3.05) is 88.6 Å². The lowest BCUT2D eigenvalue weighted by Crippen LogP contribution is -2.44. The summed E-state index contributed by atoms with van der Waals surface area (Å²) in [5, 5.41) is 14.0. The lowest BCUT2D eigenvalue weighted by molar-refractivity contribution is 0.0374. The normalized spacial score (nSPS) is 16.5. The number of hydrogen-bond acceptors (Lipinski definition) is 11. The molecular weight excluding hydrogens is 550 g/mol. The molecule has 3 aromatic rings. The zero-order chi connectivity index (χ0) is 28.8. The molecule has 4 N–H and O–H groups in total. The summed E-state index contributed by atoms with van der Waals surface area (Å²) in [4.78, 5) is 40.6. The molecule has 41 heavy (non-hydrogen) atoms. The van der Waals surface area contributed by atoms with Gasteiger partial charge in [0.25, 0.3) is 11.8 Å². The van der Waals surface area contributed by atoms with Crippen molar-refractivity contribution in [3.63, 3.8) is 0 Å². The van der Waals surface area contributed by atoms with Gasteiger partial charge < -0.3 is 30.9 Å². The van der Waals surface area contributed by atoms with Crippen LogP contribution in [0.2, 0.25) is 5.15 Å². The number of morpholine rings is 1. The Kier molecular flexibility index (Phi) is 9.24. The van der Waals surface area contributed by atoms with E-state index in [9.17, 15) is 9.59 Å². The third-order valence-corrected chi connectivity index (χ3v) is 7.34. The second-order valence-corrected chi connectivity index (χ2v) is 10.4. The van der Waals surface area contributed by atoms with Crippen molar-refractivity contribution in [3.8, 4) is 5.69 Å². The van der Waals surface area contributed by atoms with Crippen LogP contribution in [0.1, 0.15) is 27.4 Å². The van der Waals surface area contributed by atoms with E-state index in [1.165, 1.54) is 10.9 Å². The molecule has 1 aromatic carbocycles. The predicted molar refractivity (Wildman–Crippen MR) is 155 cm³/mol. The summed E-state index contributed by atoms with van der Waals surface area (Å²) in [6, 6.07) is 5.56. The van der Waals surface area contributed by atoms with E-state index in [2.05, 4.69) is 52.7 Å². The Hall–Kier alpha value is -3.85. The quantitative estimate of drug-likeness (QED) is 0.305. The van der Waals surface area contributed by atoms with Gasteiger partial charge in [0.15, 0.2) is 16.5 Å². The number of nitrogens with zero attached hydrogens (tertiary/aromatic N) is 8. The summed E-state index contributed by atoms with van der Waals surface area (Å²) in [6.07, 6.45) is 3.68. The number of benzene rings is 1. The third kappa shape index (κ3) is 7.27. The van der Waals surface area contributed by atoms with E-state index in [-0.39, 0.29) is 28.3 Å². The fourth-order valence-corrected chi connectivity index (χ4v) is 4.89. The third-order valence-electron chi connectivity index (χ3n) is 7.06. The van der Waals surface area contributed by atoms with Crippen LogP contribution in [0.4, 0.5) is 17.2 Å². The Morgan fingerprint density at radius 2 is 1.88 bits per heavy atom. The van der Waals surface area contributed by atoms with Crippen LogP contribution in [0.25, 0.3) is 5.69 Å². The molecule has 0 unspecified atom stereocenters. The van der Waals surface area contributed by atoms with E-state index >= 15 is 0 Å². The van der Waals surface area contributed by atoms with Crippen molar-refractivity contribution < 1.29 is 14.3 Å². The largest absolute Gasteiger partial charge is 0.382 e. The van der Waals surface area contributed by atoms with Crippen LogP contribution >= 0.6 is 11.6 Å². The van der Waals surface area contributed by atoms with Crippen LogP contribution < -0.4 is 21.3 Å². The second-order valence-electron chi connectivity index (χ2n) is 9.99. The molecule has 0 bridgehead atoms. The Bertz CT molecular complexity index is 1370. The summed E-state index contributed by atoms with van der Waals surface area (Å²) >= 11 is 6.13. The van der Waals surface area contributed by atoms with Crippen molar-refractivity contribution in [1.29, 1.82) is 0 Å². The topological polar surface area (TPSA) is 160 Å². The molecule has 4 heterocycles. The van der Waals surface area contributed by atoms with Crippen LogP contribution in [0.5, 0.6) is 0 Å². The number of aromatic nitrogens is 5. The Balaban J connectivity index is 1.30. The highest BCUT2D eigenvalue weighted by Gasteiger charge is 2.22. The summed E-state index contributed by atoms with van der Waals surface area (Å²) in [5.74, 6) is -0.754. The fraction of sp³-hybridized carbons (Fsp3) is 0.462. The van der Waals surface area contributed by atoms with Gasteiger partial charge in [-0.2, -0.15) is 0 Å². The number of anilines is 3. The lowest BCUT2D eigenvalue weighted by atomic mass is 10.2. The highest BCUT2D eigenvalue weighted by atomic mass is 35.5. The number of carbonyl (C=O) groups excluding carboxylic acids is 2. The van der Waals surface area contributed by atoms with Gasteiger partial charge in [-0.25, -0.2) is 14.6 Å². The molecule has 2 saturated heterocycles. The standard InChI is InChI=1S/C26H34ClN11O3/c1-35-7-9-37(10-8-35)21-4-3-18(15-19(21)31-26(40)23-24(27)30-16-22(28)32-23)38-17-20(33-34-38)25(39)29-5-2-6-36-11-13-41-14-12-36/h3-4,15-17H,2,5-14H2,1H3,(H2,28,32)(H,29,39)(H,31,40). The van der Waals surface area contributed by atoms with Crippen molar-refractivity contribution in [2.45, 2.75) is 6.42 Å². The zero-order valence-electron chi connectivity index (χ0n) is 22.9. The van der Waals surface area contributed by atoms with Crippen LogP contribution in [-0.4, -0.2) is 119 Å². The van der Waals surface area contributed by atoms with Crippen LogP contribution in [-0.2, 0) is 4.74 Å². The van der Waals surface area contributed by atoms with Gasteiger partial charge in [-0.05, 0) is 38.2 Å². The maximum Gasteiger partial charge on any atom is 0.277 e. The minimum atomic E-state index is -0.543. The molecule has 5 rings (SSSR count). The molecule has 15 heteroatoms. The number of hydrogen-bond donors (Lipinski definition) is 3. The van der Waals surface area contributed by atoms with E-state index in [1.54, 1.807) is 12.3 Å². The first kappa shape index (κ1) is 28.7. The molecule has 0 saturated carbocycles. The Morgan fingerprint density at radius 1 is 1.10 bits per heavy atom. The number of ether oxygens (including phenoxy) is 1. The average molecular weight is 584 g/mol.